The number of hydrogen-bond donors (Lipinski definition) is 1. The van der Waals surface area contributed by atoms with Crippen LogP contribution in [0.4, 0.5) is 25.2 Å². The van der Waals surface area contributed by atoms with Crippen LogP contribution in [0.2, 0.25) is 0 Å². The normalized spacial score (nSPS) is 17.2. The number of methoxy groups -OCH3 is 1. The quantitative estimate of drug-likeness (QED) is 0.134. The Morgan fingerprint density at radius 3 is 2.18 bits per heavy atom. The molecule has 3 aromatic carbocycles. The van der Waals surface area contributed by atoms with Crippen LogP contribution >= 0.6 is 0 Å². The van der Waals surface area contributed by atoms with Crippen molar-refractivity contribution in [3.05, 3.63) is 95.2 Å². The molecule has 5 aromatic rings. The van der Waals surface area contributed by atoms with E-state index < -0.39 is 21.8 Å². The third kappa shape index (κ3) is 12.1. The van der Waals surface area contributed by atoms with Crippen molar-refractivity contribution in [2.75, 3.05) is 68.8 Å². The monoisotopic (exact) mass is 958 g/mol. The van der Waals surface area contributed by atoms with Gasteiger partial charge in [-0.2, -0.15) is 5.10 Å². The largest absolute Gasteiger partial charge is 0.493 e. The average Bonchev–Trinajstić information content (AvgIpc) is 3.74. The van der Waals surface area contributed by atoms with Crippen LogP contribution in [0.15, 0.2) is 72.9 Å². The van der Waals surface area contributed by atoms with Gasteiger partial charge in [-0.15, -0.1) is 0 Å². The molecule has 0 spiro atoms. The minimum Gasteiger partial charge on any atom is -0.493 e. The molecule has 5 amide bonds. The summed E-state index contributed by atoms with van der Waals surface area (Å²) < 4.78 is 65.1. The second-order valence-corrected chi connectivity index (χ2v) is 19.4. The first-order chi connectivity index (χ1) is 32.4. The van der Waals surface area contributed by atoms with E-state index in [1.807, 2.05) is 55.5 Å². The molecular weight excluding hydrogens is 903 g/mol. The van der Waals surface area contributed by atoms with Crippen molar-refractivity contribution in [1.82, 2.24) is 29.9 Å². The van der Waals surface area contributed by atoms with Crippen LogP contribution in [0.25, 0.3) is 10.9 Å². The summed E-state index contributed by atoms with van der Waals surface area (Å²) in [6.45, 7) is 5.52. The maximum atomic E-state index is 13.6. The number of sulfone groups is 1. The predicted molar refractivity (Wildman–Crippen MR) is 252 cm³/mol. The van der Waals surface area contributed by atoms with Gasteiger partial charge in [0, 0.05) is 76.2 Å². The molecule has 0 aliphatic carbocycles. The lowest BCUT2D eigenvalue weighted by atomic mass is 10.1. The number of aromatic nitrogens is 3. The van der Waals surface area contributed by atoms with E-state index in [-0.39, 0.29) is 50.2 Å². The summed E-state index contributed by atoms with van der Waals surface area (Å²) in [7, 11) is 0.693. The molecule has 6 heterocycles. The number of aryl methyl sites for hydroxylation is 1. The SMILES string of the molecule is CCOc1cc(CN2C(=O)c3ccnc(N4CCCCC4)c3C2=O)ccc1OC.CS(C)(=O)=O.Cn1nc(N2CCC(=O)NC2=O)c2ccc(Oc3ccc(CN4CCCC(F)(F)C4)cc3)cc21. The van der Waals surface area contributed by atoms with E-state index in [4.69, 9.17) is 14.2 Å². The summed E-state index contributed by atoms with van der Waals surface area (Å²) in [6, 6.07) is 19.5. The number of anilines is 2. The Labute approximate surface area is 393 Å². The van der Waals surface area contributed by atoms with Crippen molar-refractivity contribution in [2.24, 2.45) is 7.05 Å². The zero-order valence-corrected chi connectivity index (χ0v) is 39.6. The number of halogens is 2. The molecule has 3 saturated heterocycles. The zero-order valence-electron chi connectivity index (χ0n) is 38.8. The van der Waals surface area contributed by atoms with Crippen molar-refractivity contribution in [3.63, 3.8) is 0 Å². The number of nitrogens with zero attached hydrogens (tertiary/aromatic N) is 7. The number of benzene rings is 3. The number of amides is 5. The molecule has 20 heteroatoms. The lowest BCUT2D eigenvalue weighted by Gasteiger charge is -2.32. The highest BCUT2D eigenvalue weighted by atomic mass is 32.2. The van der Waals surface area contributed by atoms with Crippen molar-refractivity contribution < 1.29 is 50.6 Å². The number of urea groups is 1. The van der Waals surface area contributed by atoms with Gasteiger partial charge in [0.05, 0.1) is 43.4 Å². The van der Waals surface area contributed by atoms with Crippen LogP contribution in [0, 0.1) is 0 Å². The Morgan fingerprint density at radius 1 is 0.794 bits per heavy atom. The van der Waals surface area contributed by atoms with Gasteiger partial charge in [0.1, 0.15) is 27.2 Å². The summed E-state index contributed by atoms with van der Waals surface area (Å²) in [6.07, 6.45) is 7.96. The van der Waals surface area contributed by atoms with Gasteiger partial charge in [-0.3, -0.25) is 39.1 Å². The highest BCUT2D eigenvalue weighted by Crippen LogP contribution is 2.35. The molecule has 0 bridgehead atoms. The van der Waals surface area contributed by atoms with Crippen LogP contribution in [-0.2, 0) is 34.8 Å². The average molecular weight is 959 g/mol. The smallest absolute Gasteiger partial charge is 0.329 e. The van der Waals surface area contributed by atoms with Gasteiger partial charge in [-0.05, 0) is 92.7 Å². The second kappa shape index (κ2) is 21.1. The second-order valence-electron chi connectivity index (χ2n) is 17.2. The Morgan fingerprint density at radius 2 is 1.50 bits per heavy atom. The molecule has 3 fully saturated rings. The third-order valence-electron chi connectivity index (χ3n) is 11.5. The molecule has 9 rings (SSSR count). The minimum absolute atomic E-state index is 0.0380. The number of pyridine rings is 1. The number of ether oxygens (including phenoxy) is 3. The van der Waals surface area contributed by atoms with Gasteiger partial charge in [0.2, 0.25) is 5.91 Å². The van der Waals surface area contributed by atoms with Gasteiger partial charge in [0.15, 0.2) is 17.3 Å². The van der Waals surface area contributed by atoms with Crippen molar-refractivity contribution in [2.45, 2.75) is 64.5 Å². The Balaban J connectivity index is 0.000000185. The highest BCUT2D eigenvalue weighted by Gasteiger charge is 2.40. The molecular formula is C48H56F2N8O9S. The number of imide groups is 2. The number of rotatable bonds is 11. The molecule has 4 aliphatic rings. The number of nitrogens with one attached hydrogen (secondary N) is 1. The number of hydrogen-bond acceptors (Lipinski definition) is 13. The van der Waals surface area contributed by atoms with Gasteiger partial charge >= 0.3 is 6.03 Å². The van der Waals surface area contributed by atoms with Crippen LogP contribution < -0.4 is 29.3 Å². The molecule has 17 nitrogen and oxygen atoms in total. The number of carbonyl (C=O) groups is 4. The molecule has 2 aromatic heterocycles. The molecule has 0 atom stereocenters. The van der Waals surface area contributed by atoms with Crippen LogP contribution in [0.5, 0.6) is 23.0 Å². The van der Waals surface area contributed by atoms with Crippen LogP contribution in [0.1, 0.15) is 77.3 Å². The van der Waals surface area contributed by atoms with E-state index in [1.165, 1.54) is 16.2 Å². The first kappa shape index (κ1) is 49.2. The fourth-order valence-electron chi connectivity index (χ4n) is 8.46. The molecule has 0 unspecified atom stereocenters. The van der Waals surface area contributed by atoms with E-state index in [0.29, 0.717) is 71.9 Å². The lowest BCUT2D eigenvalue weighted by molar-refractivity contribution is -0.120. The maximum absolute atomic E-state index is 13.6. The number of piperidine rings is 2. The summed E-state index contributed by atoms with van der Waals surface area (Å²) in [5.74, 6) is 0.0979. The first-order valence-electron chi connectivity index (χ1n) is 22.4. The molecule has 0 radical (unpaired) electrons. The minimum atomic E-state index is -2.67. The standard InChI is InChI=1S/C24H25F2N5O3.C22H25N3O4.C2H6O2S/c1-29-20-13-18(7-8-19(20)22(28-29)31-12-9-21(32)27-23(31)33)34-17-5-3-16(4-6-17)14-30-11-2-10-24(25,26)15-30;1-3-29-18-13-15(7-8-17(18)28-2)14-25-21(26)16-9-10-23-20(19(16)22(25)27)24-11-5-4-6-12-24;1-5(2,3)4/h3-8,13H,2,9-12,14-15H2,1H3,(H,27,32,33);7-10,13H,3-6,11-12,14H2,1-2H3;1-2H3. The molecule has 4 aliphatic heterocycles. The lowest BCUT2D eigenvalue weighted by Crippen LogP contribution is -2.49. The van der Waals surface area contributed by atoms with Gasteiger partial charge in [0.25, 0.3) is 17.7 Å². The molecule has 362 valence electrons. The number of fused-ring (bicyclic) bond motifs is 2. The molecule has 68 heavy (non-hydrogen) atoms. The van der Waals surface area contributed by atoms with Crippen molar-refractivity contribution in [3.8, 4) is 23.0 Å². The summed E-state index contributed by atoms with van der Waals surface area (Å²) in [4.78, 5) is 61.0. The number of carbonyl (C=O) groups excluding carboxylic acids is 4. The van der Waals surface area contributed by atoms with Crippen LogP contribution in [0.3, 0.4) is 0 Å². The summed E-state index contributed by atoms with van der Waals surface area (Å²) in [5.41, 5.74) is 3.40. The summed E-state index contributed by atoms with van der Waals surface area (Å²) in [5, 5.41) is 7.56. The first-order valence-corrected chi connectivity index (χ1v) is 24.7. The third-order valence-corrected chi connectivity index (χ3v) is 11.5. The van der Waals surface area contributed by atoms with Crippen molar-refractivity contribution >= 4 is 56.1 Å². The predicted octanol–water partition coefficient (Wildman–Crippen LogP) is 6.98. The topological polar surface area (TPSA) is 186 Å². The van der Waals surface area contributed by atoms with Crippen molar-refractivity contribution in [1.29, 1.82) is 0 Å². The summed E-state index contributed by atoms with van der Waals surface area (Å²) >= 11 is 0. The number of likely N-dealkylation sites (tertiary alicyclic amines) is 1. The van der Waals surface area contributed by atoms with E-state index in [1.54, 1.807) is 48.1 Å². The Bertz CT molecular complexity index is 2770. The van der Waals surface area contributed by atoms with Crippen LogP contribution in [-0.4, -0.2) is 122 Å². The fourth-order valence-corrected chi connectivity index (χ4v) is 8.46. The Hall–Kier alpha value is -6.67. The van der Waals surface area contributed by atoms with Gasteiger partial charge < -0.3 is 19.1 Å². The van der Waals surface area contributed by atoms with Gasteiger partial charge in [-0.1, -0.05) is 18.2 Å². The molecule has 0 saturated carbocycles. The van der Waals surface area contributed by atoms with E-state index >= 15 is 0 Å². The highest BCUT2D eigenvalue weighted by molar-refractivity contribution is 7.89. The van der Waals surface area contributed by atoms with E-state index in [9.17, 15) is 36.4 Å². The number of alkyl halides is 2. The molecule has 1 N–H and O–H groups in total. The Kier molecular flexibility index (Phi) is 15.3. The van der Waals surface area contributed by atoms with E-state index in [2.05, 4.69) is 20.3 Å². The maximum Gasteiger partial charge on any atom is 0.329 e. The fraction of sp³-hybridized carbons (Fsp3) is 0.417. The zero-order chi connectivity index (χ0) is 48.8. The van der Waals surface area contributed by atoms with E-state index in [0.717, 1.165) is 60.5 Å². The van der Waals surface area contributed by atoms with Gasteiger partial charge in [-0.25, -0.2) is 27.0 Å².